The van der Waals surface area contributed by atoms with Crippen LogP contribution < -0.4 is 15.2 Å². The maximum atomic E-state index is 13.2. The Hall–Kier alpha value is -2.56. The Morgan fingerprint density at radius 1 is 1.26 bits per heavy atom. The zero-order chi connectivity index (χ0) is 25.4. The van der Waals surface area contributed by atoms with Crippen molar-refractivity contribution >= 4 is 21.6 Å². The molecule has 0 aliphatic heterocycles. The molecule has 0 spiro atoms. The molecule has 1 aliphatic rings. The van der Waals surface area contributed by atoms with Crippen molar-refractivity contribution in [1.29, 1.82) is 0 Å². The number of halogens is 2. The molecule has 1 fully saturated rings. The van der Waals surface area contributed by atoms with Gasteiger partial charge in [0.25, 0.3) is 0 Å². The highest BCUT2D eigenvalue weighted by atomic mass is 32.2. The van der Waals surface area contributed by atoms with Crippen LogP contribution >= 0.6 is 0 Å². The van der Waals surface area contributed by atoms with Gasteiger partial charge >= 0.3 is 12.6 Å². The van der Waals surface area contributed by atoms with E-state index in [9.17, 15) is 22.9 Å². The molecular formula is C24H31F2N3O4S. The van der Waals surface area contributed by atoms with E-state index in [2.05, 4.69) is 14.4 Å². The molecule has 7 nitrogen and oxygen atoms in total. The molecule has 2 aromatic carbocycles. The summed E-state index contributed by atoms with van der Waals surface area (Å²) < 4.78 is 47.2. The Labute approximate surface area is 199 Å². The number of hydrogen-bond donors (Lipinski definition) is 3. The normalized spacial score (nSPS) is 15.9. The number of urea groups is 1. The van der Waals surface area contributed by atoms with Gasteiger partial charge in [0.1, 0.15) is 15.7 Å². The third kappa shape index (κ3) is 6.11. The van der Waals surface area contributed by atoms with Crippen LogP contribution in [0.15, 0.2) is 39.6 Å². The van der Waals surface area contributed by atoms with Crippen LogP contribution in [0.25, 0.3) is 0 Å². The number of nitrogens with zero attached hydrogens (tertiary/aromatic N) is 1. The summed E-state index contributed by atoms with van der Waals surface area (Å²) in [5, 5.41) is 18.9. The number of alkyl halides is 2. The summed E-state index contributed by atoms with van der Waals surface area (Å²) >= 11 is 0. The van der Waals surface area contributed by atoms with E-state index in [4.69, 9.17) is 5.14 Å². The molecule has 186 valence electrons. The van der Waals surface area contributed by atoms with Crippen molar-refractivity contribution in [3.63, 3.8) is 0 Å². The number of amides is 2. The van der Waals surface area contributed by atoms with Gasteiger partial charge in [0, 0.05) is 5.69 Å². The number of aryl methyl sites for hydroxylation is 1. The van der Waals surface area contributed by atoms with Crippen LogP contribution in [-0.4, -0.2) is 22.0 Å². The minimum atomic E-state index is -3.59. The van der Waals surface area contributed by atoms with Crippen LogP contribution in [0.1, 0.15) is 74.6 Å². The Bertz CT molecular complexity index is 1190. The molecule has 2 amide bonds. The summed E-state index contributed by atoms with van der Waals surface area (Å²) in [6.45, 7) is 5.69. The fourth-order valence-corrected chi connectivity index (χ4v) is 4.98. The van der Waals surface area contributed by atoms with Crippen LogP contribution in [0.3, 0.4) is 0 Å². The number of nitrogens with two attached hydrogens (primary N) is 1. The van der Waals surface area contributed by atoms with Crippen molar-refractivity contribution in [2.45, 2.75) is 76.4 Å². The maximum Gasteiger partial charge on any atom is 0.387 e. The first-order valence-electron chi connectivity index (χ1n) is 11.0. The van der Waals surface area contributed by atoms with Gasteiger partial charge in [0.2, 0.25) is 0 Å². The monoisotopic (exact) mass is 495 g/mol. The molecule has 1 atom stereocenters. The quantitative estimate of drug-likeness (QED) is 0.453. The lowest BCUT2D eigenvalue weighted by atomic mass is 9.95. The molecule has 0 saturated heterocycles. The Morgan fingerprint density at radius 3 is 2.41 bits per heavy atom. The zero-order valence-corrected chi connectivity index (χ0v) is 20.7. The molecule has 0 radical (unpaired) electrons. The molecular weight excluding hydrogens is 464 g/mol. The first kappa shape index (κ1) is 26.1. The van der Waals surface area contributed by atoms with Crippen LogP contribution in [0.5, 0.6) is 5.75 Å². The number of ether oxygens (including phenoxy) is 1. The molecule has 10 heteroatoms. The smallest absolute Gasteiger partial charge is 0.387 e. The maximum absolute atomic E-state index is 13.2. The van der Waals surface area contributed by atoms with Crippen LogP contribution in [0, 0.1) is 6.92 Å². The van der Waals surface area contributed by atoms with E-state index in [0.717, 1.165) is 12.8 Å². The number of carbonyl (C=O) groups excluding carboxylic acids is 1. The second-order valence-electron chi connectivity index (χ2n) is 9.41. The van der Waals surface area contributed by atoms with Gasteiger partial charge in [-0.1, -0.05) is 26.0 Å². The highest BCUT2D eigenvalue weighted by molar-refractivity contribution is 7.91. The Kier molecular flexibility index (Phi) is 7.35. The number of benzene rings is 2. The standard InChI is InChI=1S/C24H31F2N3O4S/c1-13(2)18-11-17(33-22(25)26)12-19(15-6-7-15)21(18)28-23(30)29-34(27,32)20-9-8-16(10-14(20)3)24(4,5)31/h8-13,15,22,31H,6-7H2,1-5H3,(H3,27,28,29,30,32)/t34-/m1/s1. The van der Waals surface area contributed by atoms with Crippen molar-refractivity contribution in [3.05, 3.63) is 52.6 Å². The Morgan fingerprint density at radius 2 is 1.91 bits per heavy atom. The van der Waals surface area contributed by atoms with E-state index in [0.29, 0.717) is 27.9 Å². The van der Waals surface area contributed by atoms with Gasteiger partial charge in [-0.3, -0.25) is 0 Å². The van der Waals surface area contributed by atoms with Gasteiger partial charge in [-0.05, 0) is 85.9 Å². The Balaban J connectivity index is 1.98. The lowest BCUT2D eigenvalue weighted by molar-refractivity contribution is -0.0499. The van der Waals surface area contributed by atoms with Gasteiger partial charge in [-0.2, -0.15) is 8.78 Å². The number of anilines is 1. The SMILES string of the molecule is Cc1cc(C(C)(C)O)ccc1[S@](N)(=O)=NC(=O)Nc1c(C(C)C)cc(OC(F)F)cc1C1CC1. The van der Waals surface area contributed by atoms with Crippen molar-refractivity contribution in [2.75, 3.05) is 5.32 Å². The summed E-state index contributed by atoms with van der Waals surface area (Å²) in [5.41, 5.74) is 1.78. The van der Waals surface area contributed by atoms with Crippen molar-refractivity contribution in [1.82, 2.24) is 0 Å². The molecule has 2 aromatic rings. The van der Waals surface area contributed by atoms with Gasteiger partial charge in [0.05, 0.1) is 10.5 Å². The average molecular weight is 496 g/mol. The molecule has 0 aromatic heterocycles. The number of rotatable bonds is 7. The number of carbonyl (C=O) groups is 1. The third-order valence-electron chi connectivity index (χ3n) is 5.68. The average Bonchev–Trinajstić information content (AvgIpc) is 3.51. The van der Waals surface area contributed by atoms with Gasteiger partial charge in [0.15, 0.2) is 0 Å². The topological polar surface area (TPSA) is 114 Å². The predicted molar refractivity (Wildman–Crippen MR) is 128 cm³/mol. The summed E-state index contributed by atoms with van der Waals surface area (Å²) in [6, 6.07) is 6.81. The van der Waals surface area contributed by atoms with E-state index in [1.54, 1.807) is 32.9 Å². The van der Waals surface area contributed by atoms with Gasteiger partial charge in [-0.25, -0.2) is 14.1 Å². The van der Waals surface area contributed by atoms with Crippen LogP contribution in [-0.2, 0) is 15.5 Å². The summed E-state index contributed by atoms with van der Waals surface area (Å²) in [4.78, 5) is 13.0. The van der Waals surface area contributed by atoms with E-state index in [1.165, 1.54) is 18.2 Å². The molecule has 1 saturated carbocycles. The highest BCUT2D eigenvalue weighted by Gasteiger charge is 2.30. The van der Waals surface area contributed by atoms with Gasteiger partial charge < -0.3 is 15.2 Å². The van der Waals surface area contributed by atoms with Gasteiger partial charge in [-0.15, -0.1) is 4.36 Å². The highest BCUT2D eigenvalue weighted by Crippen LogP contribution is 2.47. The van der Waals surface area contributed by atoms with Crippen molar-refractivity contribution in [2.24, 2.45) is 9.50 Å². The molecule has 0 bridgehead atoms. The summed E-state index contributed by atoms with van der Waals surface area (Å²) in [6.07, 6.45) is 1.71. The lowest BCUT2D eigenvalue weighted by Gasteiger charge is -2.20. The fourth-order valence-electron chi connectivity index (χ4n) is 3.81. The van der Waals surface area contributed by atoms with Crippen molar-refractivity contribution in [3.8, 4) is 5.75 Å². The zero-order valence-electron chi connectivity index (χ0n) is 19.9. The fraction of sp³-hybridized carbons (Fsp3) is 0.458. The van der Waals surface area contributed by atoms with Crippen molar-refractivity contribution < 1.29 is 27.6 Å². The molecule has 1 aliphatic carbocycles. The predicted octanol–water partition coefficient (Wildman–Crippen LogP) is 5.76. The van der Waals surface area contributed by atoms with E-state index < -0.39 is 28.2 Å². The molecule has 0 unspecified atom stereocenters. The first-order valence-corrected chi connectivity index (χ1v) is 12.6. The molecule has 0 heterocycles. The number of hydrogen-bond acceptors (Lipinski definition) is 4. The largest absolute Gasteiger partial charge is 0.435 e. The summed E-state index contributed by atoms with van der Waals surface area (Å²) in [5.74, 6) is 0.0152. The number of aliphatic hydroxyl groups is 1. The molecule has 3 rings (SSSR count). The van der Waals surface area contributed by atoms with Crippen LogP contribution in [0.2, 0.25) is 0 Å². The second-order valence-corrected chi connectivity index (χ2v) is 11.2. The molecule has 4 N–H and O–H groups in total. The van der Waals surface area contributed by atoms with Crippen LogP contribution in [0.4, 0.5) is 19.3 Å². The van der Waals surface area contributed by atoms with E-state index >= 15 is 0 Å². The third-order valence-corrected chi connectivity index (χ3v) is 7.21. The second kappa shape index (κ2) is 9.59. The number of nitrogens with one attached hydrogen (secondary N) is 1. The first-order chi connectivity index (χ1) is 15.7. The lowest BCUT2D eigenvalue weighted by Crippen LogP contribution is -2.21. The van der Waals surface area contributed by atoms with E-state index in [-0.39, 0.29) is 22.5 Å². The summed E-state index contributed by atoms with van der Waals surface area (Å²) in [7, 11) is -3.59. The minimum absolute atomic E-state index is 0.0284. The minimum Gasteiger partial charge on any atom is -0.435 e. The molecule has 34 heavy (non-hydrogen) atoms. The van der Waals surface area contributed by atoms with E-state index in [1.807, 2.05) is 13.8 Å².